The second-order valence-electron chi connectivity index (χ2n) is 4.79. The van der Waals surface area contributed by atoms with Crippen molar-refractivity contribution in [3.63, 3.8) is 0 Å². The number of carbonyl (C=O) groups is 1. The van der Waals surface area contributed by atoms with Gasteiger partial charge in [-0.05, 0) is 25.0 Å². The average molecular weight is 263 g/mol. The molecule has 1 N–H and O–H groups in total. The van der Waals surface area contributed by atoms with Gasteiger partial charge in [0.25, 0.3) is 0 Å². The highest BCUT2D eigenvalue weighted by atomic mass is 16.5. The normalized spacial score (nSPS) is 16.6. The number of piperidine rings is 1. The van der Waals surface area contributed by atoms with Gasteiger partial charge in [0.2, 0.25) is 5.91 Å². The van der Waals surface area contributed by atoms with Crippen molar-refractivity contribution < 1.29 is 9.53 Å². The van der Waals surface area contributed by atoms with Crippen molar-refractivity contribution in [2.75, 3.05) is 26.8 Å². The summed E-state index contributed by atoms with van der Waals surface area (Å²) in [5.74, 6) is 0.0886. The molecule has 0 aromatic carbocycles. The summed E-state index contributed by atoms with van der Waals surface area (Å²) in [4.78, 5) is 17.8. The molecule has 1 aliphatic heterocycles. The molecular formula is C14H21N3O2. The summed E-state index contributed by atoms with van der Waals surface area (Å²) >= 11 is 0. The summed E-state index contributed by atoms with van der Waals surface area (Å²) < 4.78 is 4.87. The topological polar surface area (TPSA) is 54.5 Å². The van der Waals surface area contributed by atoms with E-state index in [0.29, 0.717) is 6.04 Å². The fourth-order valence-electron chi connectivity index (χ4n) is 2.30. The standard InChI is InChI=1S/C14H21N3O2/c1-19-11-14(18)17-8-5-12(6-9-17)16-10-13-4-2-3-7-15-13/h2-4,7,12,16H,5-6,8-11H2,1H3. The Labute approximate surface area is 114 Å². The van der Waals surface area contributed by atoms with Gasteiger partial charge in [-0.1, -0.05) is 6.07 Å². The van der Waals surface area contributed by atoms with Crippen LogP contribution in [0.3, 0.4) is 0 Å². The Bertz CT molecular complexity index is 389. The first-order valence-electron chi connectivity index (χ1n) is 6.69. The molecule has 19 heavy (non-hydrogen) atoms. The monoisotopic (exact) mass is 263 g/mol. The van der Waals surface area contributed by atoms with Crippen molar-refractivity contribution in [2.45, 2.75) is 25.4 Å². The van der Waals surface area contributed by atoms with Crippen molar-refractivity contribution in [3.05, 3.63) is 30.1 Å². The lowest BCUT2D eigenvalue weighted by Gasteiger charge is -2.32. The van der Waals surface area contributed by atoms with Crippen molar-refractivity contribution in [2.24, 2.45) is 0 Å². The van der Waals surface area contributed by atoms with E-state index in [1.807, 2.05) is 29.3 Å². The van der Waals surface area contributed by atoms with E-state index in [1.54, 1.807) is 7.11 Å². The first kappa shape index (κ1) is 14.0. The zero-order chi connectivity index (χ0) is 13.5. The van der Waals surface area contributed by atoms with Crippen LogP contribution in [0.4, 0.5) is 0 Å². The van der Waals surface area contributed by atoms with Crippen LogP contribution < -0.4 is 5.32 Å². The number of hydrogen-bond acceptors (Lipinski definition) is 4. The zero-order valence-electron chi connectivity index (χ0n) is 11.3. The van der Waals surface area contributed by atoms with Crippen LogP contribution in [-0.4, -0.2) is 48.6 Å². The van der Waals surface area contributed by atoms with Gasteiger partial charge in [-0.15, -0.1) is 0 Å². The first-order chi connectivity index (χ1) is 9.29. The number of pyridine rings is 1. The lowest BCUT2D eigenvalue weighted by Crippen LogP contribution is -2.45. The van der Waals surface area contributed by atoms with E-state index in [9.17, 15) is 4.79 Å². The van der Waals surface area contributed by atoms with Gasteiger partial charge in [0.1, 0.15) is 6.61 Å². The van der Waals surface area contributed by atoms with Crippen LogP contribution in [-0.2, 0) is 16.1 Å². The van der Waals surface area contributed by atoms with E-state index < -0.39 is 0 Å². The highest BCUT2D eigenvalue weighted by Gasteiger charge is 2.22. The number of nitrogens with zero attached hydrogens (tertiary/aromatic N) is 2. The smallest absolute Gasteiger partial charge is 0.248 e. The molecule has 0 atom stereocenters. The number of hydrogen-bond donors (Lipinski definition) is 1. The Balaban J connectivity index is 1.70. The summed E-state index contributed by atoms with van der Waals surface area (Å²) in [5, 5.41) is 3.50. The number of methoxy groups -OCH3 is 1. The maximum Gasteiger partial charge on any atom is 0.248 e. The van der Waals surface area contributed by atoms with Crippen LogP contribution in [0.5, 0.6) is 0 Å². The molecule has 0 saturated carbocycles. The van der Waals surface area contributed by atoms with E-state index >= 15 is 0 Å². The summed E-state index contributed by atoms with van der Waals surface area (Å²) in [6.07, 6.45) is 3.79. The lowest BCUT2D eigenvalue weighted by molar-refractivity contribution is -0.136. The van der Waals surface area contributed by atoms with Crippen LogP contribution in [0.1, 0.15) is 18.5 Å². The Hall–Kier alpha value is -1.46. The number of carbonyl (C=O) groups excluding carboxylic acids is 1. The van der Waals surface area contributed by atoms with Crippen LogP contribution in [0.2, 0.25) is 0 Å². The molecule has 1 fully saturated rings. The molecule has 2 heterocycles. The van der Waals surface area contributed by atoms with Crippen molar-refractivity contribution in [1.82, 2.24) is 15.2 Å². The quantitative estimate of drug-likeness (QED) is 0.854. The molecule has 1 amide bonds. The molecule has 1 aliphatic rings. The molecule has 5 nitrogen and oxygen atoms in total. The van der Waals surface area contributed by atoms with Crippen LogP contribution >= 0.6 is 0 Å². The molecule has 0 radical (unpaired) electrons. The number of aromatic nitrogens is 1. The molecule has 0 bridgehead atoms. The zero-order valence-corrected chi connectivity index (χ0v) is 11.3. The van der Waals surface area contributed by atoms with E-state index in [0.717, 1.165) is 38.2 Å². The van der Waals surface area contributed by atoms with Crippen LogP contribution in [0, 0.1) is 0 Å². The van der Waals surface area contributed by atoms with Gasteiger partial charge >= 0.3 is 0 Å². The highest BCUT2D eigenvalue weighted by Crippen LogP contribution is 2.11. The summed E-state index contributed by atoms with van der Waals surface area (Å²) in [7, 11) is 1.55. The van der Waals surface area contributed by atoms with Crippen LogP contribution in [0.15, 0.2) is 24.4 Å². The van der Waals surface area contributed by atoms with Gasteiger partial charge in [-0.2, -0.15) is 0 Å². The second-order valence-corrected chi connectivity index (χ2v) is 4.79. The summed E-state index contributed by atoms with van der Waals surface area (Å²) in [5.41, 5.74) is 1.06. The number of amides is 1. The van der Waals surface area contributed by atoms with Gasteiger partial charge in [-0.25, -0.2) is 0 Å². The third kappa shape index (κ3) is 4.29. The molecule has 1 aromatic heterocycles. The minimum absolute atomic E-state index is 0.0886. The van der Waals surface area contributed by atoms with Gasteiger partial charge in [0, 0.05) is 39.0 Å². The predicted molar refractivity (Wildman–Crippen MR) is 72.6 cm³/mol. The van der Waals surface area contributed by atoms with Gasteiger partial charge < -0.3 is 15.0 Å². The summed E-state index contributed by atoms with van der Waals surface area (Å²) in [6, 6.07) is 6.40. The maximum absolute atomic E-state index is 11.7. The molecule has 0 spiro atoms. The van der Waals surface area contributed by atoms with Crippen molar-refractivity contribution >= 4 is 5.91 Å². The minimum atomic E-state index is 0.0886. The average Bonchev–Trinajstić information content (AvgIpc) is 2.47. The Morgan fingerprint density at radius 1 is 1.47 bits per heavy atom. The van der Waals surface area contributed by atoms with Crippen molar-refractivity contribution in [1.29, 1.82) is 0 Å². The fraction of sp³-hybridized carbons (Fsp3) is 0.571. The Kier molecular flexibility index (Phi) is 5.30. The Morgan fingerprint density at radius 3 is 2.89 bits per heavy atom. The maximum atomic E-state index is 11.7. The van der Waals surface area contributed by atoms with E-state index in [2.05, 4.69) is 10.3 Å². The minimum Gasteiger partial charge on any atom is -0.375 e. The fourth-order valence-corrected chi connectivity index (χ4v) is 2.30. The highest BCUT2D eigenvalue weighted by molar-refractivity contribution is 5.77. The molecule has 0 unspecified atom stereocenters. The van der Waals surface area contributed by atoms with Crippen LogP contribution in [0.25, 0.3) is 0 Å². The lowest BCUT2D eigenvalue weighted by atomic mass is 10.0. The van der Waals surface area contributed by atoms with E-state index in [-0.39, 0.29) is 12.5 Å². The molecular weight excluding hydrogens is 242 g/mol. The molecule has 2 rings (SSSR count). The summed E-state index contributed by atoms with van der Waals surface area (Å²) in [6.45, 7) is 2.59. The third-order valence-electron chi connectivity index (χ3n) is 3.41. The molecule has 104 valence electrons. The Morgan fingerprint density at radius 2 is 2.26 bits per heavy atom. The predicted octanol–water partition coefficient (Wildman–Crippen LogP) is 0.809. The number of rotatable bonds is 5. The SMILES string of the molecule is COCC(=O)N1CCC(NCc2ccccn2)CC1. The van der Waals surface area contributed by atoms with E-state index in [1.165, 1.54) is 0 Å². The van der Waals surface area contributed by atoms with Gasteiger partial charge in [0.15, 0.2) is 0 Å². The molecule has 1 aromatic rings. The third-order valence-corrected chi connectivity index (χ3v) is 3.41. The first-order valence-corrected chi connectivity index (χ1v) is 6.69. The number of nitrogens with one attached hydrogen (secondary N) is 1. The molecule has 5 heteroatoms. The van der Waals surface area contributed by atoms with Gasteiger partial charge in [0.05, 0.1) is 5.69 Å². The van der Waals surface area contributed by atoms with Gasteiger partial charge in [-0.3, -0.25) is 9.78 Å². The number of likely N-dealkylation sites (tertiary alicyclic amines) is 1. The largest absolute Gasteiger partial charge is 0.375 e. The second kappa shape index (κ2) is 7.21. The number of ether oxygens (including phenoxy) is 1. The molecule has 0 aliphatic carbocycles. The molecule has 1 saturated heterocycles. The van der Waals surface area contributed by atoms with E-state index in [4.69, 9.17) is 4.74 Å². The van der Waals surface area contributed by atoms with Crippen molar-refractivity contribution in [3.8, 4) is 0 Å².